The van der Waals surface area contributed by atoms with Gasteiger partial charge in [-0.3, -0.25) is 20.0 Å². The third kappa shape index (κ3) is 3.32. The smallest absolute Gasteiger partial charge is 0.272 e. The van der Waals surface area contributed by atoms with Gasteiger partial charge in [-0.1, -0.05) is 30.3 Å². The molecular formula is C19H16N6O3. The first-order valence-corrected chi connectivity index (χ1v) is 8.47. The van der Waals surface area contributed by atoms with Crippen LogP contribution in [-0.2, 0) is 11.2 Å². The number of hydrogen-bond donors (Lipinski definition) is 3. The topological polar surface area (TPSA) is 126 Å². The van der Waals surface area contributed by atoms with E-state index in [1.165, 1.54) is 0 Å². The Morgan fingerprint density at radius 3 is 2.61 bits per heavy atom. The molecule has 2 heterocycles. The average molecular weight is 376 g/mol. The Bertz CT molecular complexity index is 1210. The summed E-state index contributed by atoms with van der Waals surface area (Å²) in [6.45, 7) is 0. The van der Waals surface area contributed by atoms with E-state index in [-0.39, 0.29) is 23.8 Å². The Morgan fingerprint density at radius 1 is 1.04 bits per heavy atom. The second-order valence-electron chi connectivity index (χ2n) is 5.98. The van der Waals surface area contributed by atoms with Crippen molar-refractivity contribution in [3.8, 4) is 17.1 Å². The van der Waals surface area contributed by atoms with Crippen LogP contribution in [0.3, 0.4) is 0 Å². The molecule has 140 valence electrons. The second-order valence-corrected chi connectivity index (χ2v) is 5.98. The number of nitrogens with zero attached hydrogens (tertiary/aromatic N) is 3. The van der Waals surface area contributed by atoms with E-state index in [2.05, 4.69) is 30.7 Å². The monoisotopic (exact) mass is 376 g/mol. The fourth-order valence-electron chi connectivity index (χ4n) is 2.91. The summed E-state index contributed by atoms with van der Waals surface area (Å²) in [6.07, 6.45) is -0.0319. The van der Waals surface area contributed by atoms with Gasteiger partial charge in [0.15, 0.2) is 5.82 Å². The lowest BCUT2D eigenvalue weighted by Gasteiger charge is -2.05. The summed E-state index contributed by atoms with van der Waals surface area (Å²) in [6, 6.07) is 14.3. The van der Waals surface area contributed by atoms with E-state index < -0.39 is 0 Å². The molecule has 0 aliphatic carbocycles. The highest BCUT2D eigenvalue weighted by molar-refractivity contribution is 5.94. The van der Waals surface area contributed by atoms with Crippen molar-refractivity contribution in [2.24, 2.45) is 0 Å². The third-order valence-corrected chi connectivity index (χ3v) is 4.20. The standard InChI is InChI=1S/C19H16N6O3/c1-28-15-9-5-4-8-13(15)17-21-19(25-23-17)20-16(26)10-14-11-6-2-3-7-12(11)18(27)24-22-14/h2-9H,10H2,1H3,(H,24,27)(H2,20,21,23,25,26). The highest BCUT2D eigenvalue weighted by atomic mass is 16.5. The third-order valence-electron chi connectivity index (χ3n) is 4.20. The number of anilines is 1. The largest absolute Gasteiger partial charge is 0.496 e. The molecule has 3 N–H and O–H groups in total. The zero-order valence-electron chi connectivity index (χ0n) is 14.9. The van der Waals surface area contributed by atoms with Gasteiger partial charge in [0, 0.05) is 5.39 Å². The van der Waals surface area contributed by atoms with Crippen molar-refractivity contribution in [1.29, 1.82) is 0 Å². The molecule has 0 bridgehead atoms. The van der Waals surface area contributed by atoms with Gasteiger partial charge in [-0.15, -0.1) is 5.10 Å². The van der Waals surface area contributed by atoms with Crippen LogP contribution in [0, 0.1) is 0 Å². The van der Waals surface area contributed by atoms with E-state index in [1.807, 2.05) is 24.3 Å². The average Bonchev–Trinajstić information content (AvgIpc) is 3.18. The first-order valence-electron chi connectivity index (χ1n) is 8.47. The molecule has 9 nitrogen and oxygen atoms in total. The molecule has 0 fully saturated rings. The van der Waals surface area contributed by atoms with Crippen molar-refractivity contribution in [3.05, 3.63) is 64.6 Å². The van der Waals surface area contributed by atoms with E-state index in [0.29, 0.717) is 28.0 Å². The lowest BCUT2D eigenvalue weighted by atomic mass is 10.1. The number of nitrogens with one attached hydrogen (secondary N) is 3. The maximum Gasteiger partial charge on any atom is 0.272 e. The van der Waals surface area contributed by atoms with Crippen molar-refractivity contribution < 1.29 is 9.53 Å². The predicted octanol–water partition coefficient (Wildman–Crippen LogP) is 1.90. The summed E-state index contributed by atoms with van der Waals surface area (Å²) >= 11 is 0. The van der Waals surface area contributed by atoms with Crippen LogP contribution in [-0.4, -0.2) is 38.4 Å². The molecule has 4 aromatic rings. The highest BCUT2D eigenvalue weighted by Crippen LogP contribution is 2.27. The molecule has 2 aromatic carbocycles. The van der Waals surface area contributed by atoms with Crippen LogP contribution < -0.4 is 15.6 Å². The normalized spacial score (nSPS) is 10.8. The summed E-state index contributed by atoms with van der Waals surface area (Å²) in [4.78, 5) is 28.6. The molecule has 0 atom stereocenters. The van der Waals surface area contributed by atoms with Crippen molar-refractivity contribution >= 4 is 22.6 Å². The molecule has 0 radical (unpaired) electrons. The number of rotatable bonds is 5. The maximum atomic E-state index is 12.4. The Labute approximate surface area is 158 Å². The van der Waals surface area contributed by atoms with Crippen molar-refractivity contribution in [3.63, 3.8) is 0 Å². The van der Waals surface area contributed by atoms with Crippen molar-refractivity contribution in [2.75, 3.05) is 12.4 Å². The molecule has 9 heteroatoms. The van der Waals surface area contributed by atoms with Crippen LogP contribution in [0.4, 0.5) is 5.95 Å². The van der Waals surface area contributed by atoms with Crippen LogP contribution in [0.15, 0.2) is 53.3 Å². The fourth-order valence-corrected chi connectivity index (χ4v) is 2.91. The molecule has 0 saturated heterocycles. The van der Waals surface area contributed by atoms with E-state index in [9.17, 15) is 9.59 Å². The molecule has 4 rings (SSSR count). The van der Waals surface area contributed by atoms with Gasteiger partial charge in [0.1, 0.15) is 5.75 Å². The van der Waals surface area contributed by atoms with Crippen LogP contribution >= 0.6 is 0 Å². The summed E-state index contributed by atoms with van der Waals surface area (Å²) < 4.78 is 5.31. The van der Waals surface area contributed by atoms with Gasteiger partial charge in [0.25, 0.3) is 5.56 Å². The van der Waals surface area contributed by atoms with Crippen LogP contribution in [0.25, 0.3) is 22.2 Å². The summed E-state index contributed by atoms with van der Waals surface area (Å²) in [5, 5.41) is 17.0. The molecular weight excluding hydrogens is 360 g/mol. The minimum Gasteiger partial charge on any atom is -0.496 e. The minimum atomic E-state index is -0.352. The molecule has 2 aromatic heterocycles. The number of amides is 1. The number of hydrogen-bond acceptors (Lipinski definition) is 6. The number of fused-ring (bicyclic) bond motifs is 1. The zero-order chi connectivity index (χ0) is 19.5. The Morgan fingerprint density at radius 2 is 1.79 bits per heavy atom. The molecule has 0 aliphatic heterocycles. The fraction of sp³-hybridized carbons (Fsp3) is 0.105. The van der Waals surface area contributed by atoms with Crippen molar-refractivity contribution in [1.82, 2.24) is 25.4 Å². The maximum absolute atomic E-state index is 12.4. The van der Waals surface area contributed by atoms with Gasteiger partial charge in [-0.2, -0.15) is 10.1 Å². The van der Waals surface area contributed by atoms with E-state index in [4.69, 9.17) is 4.74 Å². The first kappa shape index (κ1) is 17.4. The van der Waals surface area contributed by atoms with Gasteiger partial charge in [0.05, 0.1) is 30.2 Å². The van der Waals surface area contributed by atoms with Crippen LogP contribution in [0.1, 0.15) is 5.69 Å². The summed E-state index contributed by atoms with van der Waals surface area (Å²) in [5.74, 6) is 0.899. The first-order chi connectivity index (χ1) is 13.7. The van der Waals surface area contributed by atoms with Gasteiger partial charge in [-0.25, -0.2) is 5.10 Å². The Kier molecular flexibility index (Phi) is 4.55. The molecule has 0 unspecified atom stereocenters. The van der Waals surface area contributed by atoms with Gasteiger partial charge >= 0.3 is 0 Å². The number of H-pyrrole nitrogens is 2. The quantitative estimate of drug-likeness (QED) is 0.488. The highest BCUT2D eigenvalue weighted by Gasteiger charge is 2.14. The number of ether oxygens (including phenoxy) is 1. The Hall–Kier alpha value is -4.01. The second kappa shape index (κ2) is 7.31. The molecule has 0 aliphatic rings. The number of aromatic amines is 2. The minimum absolute atomic E-state index is 0.0319. The molecule has 28 heavy (non-hydrogen) atoms. The van der Waals surface area contributed by atoms with Crippen LogP contribution in [0.5, 0.6) is 5.75 Å². The summed E-state index contributed by atoms with van der Waals surface area (Å²) in [5.41, 5.74) is 0.898. The number of carbonyl (C=O) groups excluding carboxylic acids is 1. The molecule has 0 saturated carbocycles. The lowest BCUT2D eigenvalue weighted by Crippen LogP contribution is -2.19. The van der Waals surface area contributed by atoms with Crippen molar-refractivity contribution in [2.45, 2.75) is 6.42 Å². The zero-order valence-corrected chi connectivity index (χ0v) is 14.9. The lowest BCUT2D eigenvalue weighted by molar-refractivity contribution is -0.115. The number of benzene rings is 2. The number of para-hydroxylation sites is 1. The van der Waals surface area contributed by atoms with E-state index in [1.54, 1.807) is 31.4 Å². The van der Waals surface area contributed by atoms with E-state index >= 15 is 0 Å². The molecule has 0 spiro atoms. The Balaban J connectivity index is 1.54. The number of methoxy groups -OCH3 is 1. The van der Waals surface area contributed by atoms with Gasteiger partial charge in [-0.05, 0) is 18.2 Å². The number of carbonyl (C=O) groups is 1. The predicted molar refractivity (Wildman–Crippen MR) is 103 cm³/mol. The van der Waals surface area contributed by atoms with Gasteiger partial charge < -0.3 is 4.74 Å². The van der Waals surface area contributed by atoms with Crippen LogP contribution in [0.2, 0.25) is 0 Å². The van der Waals surface area contributed by atoms with Gasteiger partial charge in [0.2, 0.25) is 11.9 Å². The van der Waals surface area contributed by atoms with E-state index in [0.717, 1.165) is 5.56 Å². The number of aromatic nitrogens is 5. The molecule has 1 amide bonds. The summed E-state index contributed by atoms with van der Waals surface area (Å²) in [7, 11) is 1.57. The SMILES string of the molecule is COc1ccccc1-c1nc(NC(=O)Cc2n[nH]c(=O)c3ccccc23)n[nH]1.